The number of rotatable bonds is 6. The molecule has 0 amide bonds. The molecule has 0 aliphatic heterocycles. The lowest BCUT2D eigenvalue weighted by Crippen LogP contribution is -2.37. The first-order chi connectivity index (χ1) is 5.63. The standard InChI is InChI=1S/C8H17NO3/c1-6(2-4-10)8(9)7(12)3-5-11/h7-8,10-12H,1-5,9H2/t7-,8-/m1/s1. The molecule has 0 radical (unpaired) electrons. The maximum absolute atomic E-state index is 9.29. The summed E-state index contributed by atoms with van der Waals surface area (Å²) in [4.78, 5) is 0. The SMILES string of the molecule is C=C(CCO)[C@@H](N)[C@H](O)CCO. The van der Waals surface area contributed by atoms with Gasteiger partial charge >= 0.3 is 0 Å². The van der Waals surface area contributed by atoms with Crippen LogP contribution in [0, 0.1) is 0 Å². The van der Waals surface area contributed by atoms with Crippen molar-refractivity contribution >= 4 is 0 Å². The first-order valence-electron chi connectivity index (χ1n) is 3.96. The molecule has 0 spiro atoms. The van der Waals surface area contributed by atoms with E-state index in [1.54, 1.807) is 0 Å². The lowest BCUT2D eigenvalue weighted by Gasteiger charge is -2.19. The van der Waals surface area contributed by atoms with Gasteiger partial charge < -0.3 is 21.1 Å². The second-order valence-corrected chi connectivity index (χ2v) is 2.74. The highest BCUT2D eigenvalue weighted by Crippen LogP contribution is 2.08. The lowest BCUT2D eigenvalue weighted by atomic mass is 10.00. The van der Waals surface area contributed by atoms with Crippen molar-refractivity contribution in [2.75, 3.05) is 13.2 Å². The van der Waals surface area contributed by atoms with Crippen LogP contribution >= 0.6 is 0 Å². The van der Waals surface area contributed by atoms with Gasteiger partial charge in [0.05, 0.1) is 12.1 Å². The van der Waals surface area contributed by atoms with Gasteiger partial charge in [-0.05, 0) is 12.8 Å². The summed E-state index contributed by atoms with van der Waals surface area (Å²) in [7, 11) is 0. The zero-order valence-corrected chi connectivity index (χ0v) is 7.11. The Morgan fingerprint density at radius 3 is 2.33 bits per heavy atom. The average Bonchev–Trinajstić information content (AvgIpc) is 2.04. The summed E-state index contributed by atoms with van der Waals surface area (Å²) >= 11 is 0. The molecule has 0 aliphatic carbocycles. The fourth-order valence-electron chi connectivity index (χ4n) is 0.894. The van der Waals surface area contributed by atoms with Crippen LogP contribution in [0.5, 0.6) is 0 Å². The molecular formula is C8H17NO3. The van der Waals surface area contributed by atoms with Gasteiger partial charge in [-0.2, -0.15) is 0 Å². The van der Waals surface area contributed by atoms with Crippen molar-refractivity contribution in [1.29, 1.82) is 0 Å². The largest absolute Gasteiger partial charge is 0.396 e. The van der Waals surface area contributed by atoms with E-state index in [9.17, 15) is 5.11 Å². The van der Waals surface area contributed by atoms with Gasteiger partial charge in [0.15, 0.2) is 0 Å². The van der Waals surface area contributed by atoms with Crippen molar-refractivity contribution in [1.82, 2.24) is 0 Å². The Morgan fingerprint density at radius 2 is 1.92 bits per heavy atom. The minimum absolute atomic E-state index is 0.0155. The number of hydrogen-bond donors (Lipinski definition) is 4. The van der Waals surface area contributed by atoms with Crippen LogP contribution in [0.25, 0.3) is 0 Å². The Hall–Kier alpha value is -0.420. The maximum Gasteiger partial charge on any atom is 0.0751 e. The maximum atomic E-state index is 9.29. The molecule has 0 heterocycles. The van der Waals surface area contributed by atoms with Crippen molar-refractivity contribution in [3.8, 4) is 0 Å². The number of aliphatic hydroxyl groups is 3. The second kappa shape index (κ2) is 6.14. The van der Waals surface area contributed by atoms with Gasteiger partial charge in [0.25, 0.3) is 0 Å². The molecular weight excluding hydrogens is 158 g/mol. The molecule has 0 fully saturated rings. The Morgan fingerprint density at radius 1 is 1.33 bits per heavy atom. The molecule has 0 saturated heterocycles. The van der Waals surface area contributed by atoms with E-state index in [0.717, 1.165) is 0 Å². The van der Waals surface area contributed by atoms with Crippen molar-refractivity contribution < 1.29 is 15.3 Å². The quantitative estimate of drug-likeness (QED) is 0.390. The summed E-state index contributed by atoms with van der Waals surface area (Å²) in [6.07, 6.45) is -0.135. The number of nitrogens with two attached hydrogens (primary N) is 1. The molecule has 0 rings (SSSR count). The molecule has 0 unspecified atom stereocenters. The molecule has 4 nitrogen and oxygen atoms in total. The molecule has 0 aromatic rings. The van der Waals surface area contributed by atoms with Gasteiger partial charge in [-0.25, -0.2) is 0 Å². The van der Waals surface area contributed by atoms with E-state index in [1.807, 2.05) is 0 Å². The molecule has 0 aromatic carbocycles. The fourth-order valence-corrected chi connectivity index (χ4v) is 0.894. The zero-order chi connectivity index (χ0) is 9.56. The zero-order valence-electron chi connectivity index (χ0n) is 7.11. The number of aliphatic hydroxyl groups excluding tert-OH is 3. The van der Waals surface area contributed by atoms with Gasteiger partial charge in [0, 0.05) is 13.2 Å². The Kier molecular flexibility index (Phi) is 5.92. The Labute approximate surface area is 72.3 Å². The molecule has 12 heavy (non-hydrogen) atoms. The van der Waals surface area contributed by atoms with Crippen molar-refractivity contribution in [3.05, 3.63) is 12.2 Å². The minimum Gasteiger partial charge on any atom is -0.396 e. The molecule has 0 saturated carbocycles. The van der Waals surface area contributed by atoms with Crippen LogP contribution in [0.3, 0.4) is 0 Å². The molecule has 0 aromatic heterocycles. The van der Waals surface area contributed by atoms with E-state index in [0.29, 0.717) is 12.0 Å². The predicted molar refractivity (Wildman–Crippen MR) is 46.5 cm³/mol. The fraction of sp³-hybridized carbons (Fsp3) is 0.750. The van der Waals surface area contributed by atoms with Crippen LogP contribution in [0.15, 0.2) is 12.2 Å². The van der Waals surface area contributed by atoms with Crippen molar-refractivity contribution in [2.24, 2.45) is 5.73 Å². The highest BCUT2D eigenvalue weighted by atomic mass is 16.3. The molecule has 4 heteroatoms. The third kappa shape index (κ3) is 3.82. The monoisotopic (exact) mass is 175 g/mol. The lowest BCUT2D eigenvalue weighted by molar-refractivity contribution is 0.117. The topological polar surface area (TPSA) is 86.7 Å². The van der Waals surface area contributed by atoms with Crippen LogP contribution < -0.4 is 5.73 Å². The van der Waals surface area contributed by atoms with Crippen molar-refractivity contribution in [2.45, 2.75) is 25.0 Å². The highest BCUT2D eigenvalue weighted by molar-refractivity contribution is 5.06. The highest BCUT2D eigenvalue weighted by Gasteiger charge is 2.16. The van der Waals surface area contributed by atoms with Crippen LogP contribution in [-0.2, 0) is 0 Å². The normalized spacial score (nSPS) is 15.7. The van der Waals surface area contributed by atoms with Gasteiger partial charge in [-0.3, -0.25) is 0 Å². The minimum atomic E-state index is -0.769. The van der Waals surface area contributed by atoms with Crippen LogP contribution in [0.4, 0.5) is 0 Å². The first kappa shape index (κ1) is 11.6. The summed E-state index contributed by atoms with van der Waals surface area (Å²) in [6.45, 7) is 3.51. The third-order valence-corrected chi connectivity index (χ3v) is 1.74. The predicted octanol–water partition coefficient (Wildman–Crippen LogP) is -1.00. The Bertz CT molecular complexity index is 138. The van der Waals surface area contributed by atoms with Crippen molar-refractivity contribution in [3.63, 3.8) is 0 Å². The summed E-state index contributed by atoms with van der Waals surface area (Å²) < 4.78 is 0. The van der Waals surface area contributed by atoms with Crippen LogP contribution in [-0.4, -0.2) is 40.7 Å². The smallest absolute Gasteiger partial charge is 0.0751 e. The second-order valence-electron chi connectivity index (χ2n) is 2.74. The molecule has 2 atom stereocenters. The molecule has 0 aliphatic rings. The average molecular weight is 175 g/mol. The van der Waals surface area contributed by atoms with E-state index in [4.69, 9.17) is 15.9 Å². The first-order valence-corrected chi connectivity index (χ1v) is 3.96. The Balaban J connectivity index is 3.82. The summed E-state index contributed by atoms with van der Waals surface area (Å²) in [6, 6.07) is -0.552. The van der Waals surface area contributed by atoms with E-state index < -0.39 is 12.1 Å². The molecule has 72 valence electrons. The van der Waals surface area contributed by atoms with E-state index in [2.05, 4.69) is 6.58 Å². The molecule has 0 bridgehead atoms. The van der Waals surface area contributed by atoms with E-state index >= 15 is 0 Å². The van der Waals surface area contributed by atoms with Gasteiger partial charge in [0.1, 0.15) is 0 Å². The van der Waals surface area contributed by atoms with Gasteiger partial charge in [-0.15, -0.1) is 0 Å². The third-order valence-electron chi connectivity index (χ3n) is 1.74. The van der Waals surface area contributed by atoms with E-state index in [-0.39, 0.29) is 19.6 Å². The van der Waals surface area contributed by atoms with E-state index in [1.165, 1.54) is 0 Å². The summed E-state index contributed by atoms with van der Waals surface area (Å²) in [5.41, 5.74) is 6.17. The van der Waals surface area contributed by atoms with Crippen LogP contribution in [0.2, 0.25) is 0 Å². The molecule has 5 N–H and O–H groups in total. The van der Waals surface area contributed by atoms with Gasteiger partial charge in [0.2, 0.25) is 0 Å². The summed E-state index contributed by atoms with van der Waals surface area (Å²) in [5, 5.41) is 26.3. The van der Waals surface area contributed by atoms with Crippen LogP contribution in [0.1, 0.15) is 12.8 Å². The van der Waals surface area contributed by atoms with Gasteiger partial charge in [-0.1, -0.05) is 12.2 Å². The number of hydrogen-bond acceptors (Lipinski definition) is 4. The summed E-state index contributed by atoms with van der Waals surface area (Å²) in [5.74, 6) is 0.